The number of furan rings is 1. The van der Waals surface area contributed by atoms with Crippen molar-refractivity contribution in [3.8, 4) is 11.3 Å². The molecule has 1 N–H and O–H groups in total. The zero-order valence-corrected chi connectivity index (χ0v) is 18.0. The van der Waals surface area contributed by atoms with Gasteiger partial charge in [0.2, 0.25) is 11.8 Å². The van der Waals surface area contributed by atoms with Crippen molar-refractivity contribution in [3.05, 3.63) is 60.7 Å². The van der Waals surface area contributed by atoms with E-state index >= 15 is 0 Å². The summed E-state index contributed by atoms with van der Waals surface area (Å²) in [6.07, 6.45) is 4.99. The number of hydrogen-bond donors (Lipinski definition) is 1. The SMILES string of the molecule is Cn1cc(-c2cc3n(n2)CCC(=O)N3CCCC(=O)NCc2ccco2)c2ccccc21. The van der Waals surface area contributed by atoms with Crippen LogP contribution >= 0.6 is 0 Å². The third-order valence-electron chi connectivity index (χ3n) is 5.87. The molecular formula is C24H25N5O3. The number of aryl methyl sites for hydroxylation is 2. The van der Waals surface area contributed by atoms with Gasteiger partial charge < -0.3 is 14.3 Å². The first-order valence-electron chi connectivity index (χ1n) is 10.8. The number of amides is 2. The molecule has 8 nitrogen and oxygen atoms in total. The summed E-state index contributed by atoms with van der Waals surface area (Å²) in [6, 6.07) is 13.8. The molecule has 1 aliphatic heterocycles. The molecule has 8 heteroatoms. The van der Waals surface area contributed by atoms with Gasteiger partial charge in [0.25, 0.3) is 0 Å². The Morgan fingerprint density at radius 1 is 1.22 bits per heavy atom. The van der Waals surface area contributed by atoms with E-state index in [-0.39, 0.29) is 11.8 Å². The van der Waals surface area contributed by atoms with Crippen molar-refractivity contribution >= 4 is 28.5 Å². The predicted molar refractivity (Wildman–Crippen MR) is 121 cm³/mol. The van der Waals surface area contributed by atoms with E-state index < -0.39 is 0 Å². The lowest BCUT2D eigenvalue weighted by Crippen LogP contribution is -2.38. The molecule has 3 aromatic heterocycles. The van der Waals surface area contributed by atoms with Crippen LogP contribution in [0.1, 0.15) is 25.0 Å². The molecule has 0 unspecified atom stereocenters. The van der Waals surface area contributed by atoms with Gasteiger partial charge in [0, 0.05) is 55.2 Å². The van der Waals surface area contributed by atoms with Crippen LogP contribution in [0.15, 0.2) is 59.3 Å². The molecule has 0 atom stereocenters. The molecule has 0 saturated carbocycles. The zero-order chi connectivity index (χ0) is 22.1. The highest BCUT2D eigenvalue weighted by Crippen LogP contribution is 2.33. The number of carbonyl (C=O) groups excluding carboxylic acids is 2. The van der Waals surface area contributed by atoms with Gasteiger partial charge in [-0.05, 0) is 24.6 Å². The van der Waals surface area contributed by atoms with Crippen molar-refractivity contribution in [2.75, 3.05) is 11.4 Å². The average Bonchev–Trinajstić information content (AvgIpc) is 3.53. The summed E-state index contributed by atoms with van der Waals surface area (Å²) in [4.78, 5) is 26.5. The molecule has 32 heavy (non-hydrogen) atoms. The quantitative estimate of drug-likeness (QED) is 0.486. The average molecular weight is 431 g/mol. The number of aromatic nitrogens is 3. The maximum absolute atomic E-state index is 12.6. The largest absolute Gasteiger partial charge is 0.467 e. The van der Waals surface area contributed by atoms with Crippen molar-refractivity contribution in [1.29, 1.82) is 0 Å². The summed E-state index contributed by atoms with van der Waals surface area (Å²) in [5, 5.41) is 8.77. The summed E-state index contributed by atoms with van der Waals surface area (Å²) in [6.45, 7) is 1.42. The number of nitrogens with zero attached hydrogens (tertiary/aromatic N) is 4. The van der Waals surface area contributed by atoms with Gasteiger partial charge in [-0.25, -0.2) is 4.68 Å². The fourth-order valence-corrected chi connectivity index (χ4v) is 4.25. The summed E-state index contributed by atoms with van der Waals surface area (Å²) < 4.78 is 9.21. The molecule has 0 saturated heterocycles. The van der Waals surface area contributed by atoms with E-state index in [0.29, 0.717) is 38.9 Å². The number of fused-ring (bicyclic) bond motifs is 2. The first kappa shape index (κ1) is 20.1. The summed E-state index contributed by atoms with van der Waals surface area (Å²) in [7, 11) is 2.02. The Labute approximate surface area is 185 Å². The molecule has 0 spiro atoms. The second kappa shape index (κ2) is 8.37. The molecular weight excluding hydrogens is 406 g/mol. The van der Waals surface area contributed by atoms with Crippen molar-refractivity contribution < 1.29 is 14.0 Å². The fourth-order valence-electron chi connectivity index (χ4n) is 4.25. The standard InChI is InChI=1S/C24H25N5O3/c1-27-16-19(18-7-2-3-8-21(18)27)20-14-23-28(24(31)10-12-29(23)26-20)11-4-9-22(30)25-15-17-6-5-13-32-17/h2-3,5-8,13-14,16H,4,9-12,15H2,1H3,(H,25,30). The van der Waals surface area contributed by atoms with Crippen LogP contribution in [0.4, 0.5) is 5.82 Å². The third kappa shape index (κ3) is 3.79. The number of carbonyl (C=O) groups is 2. The summed E-state index contributed by atoms with van der Waals surface area (Å²) in [5.74, 6) is 1.52. The van der Waals surface area contributed by atoms with Crippen molar-refractivity contribution in [2.24, 2.45) is 7.05 Å². The van der Waals surface area contributed by atoms with E-state index in [4.69, 9.17) is 9.52 Å². The number of nitrogens with one attached hydrogen (secondary N) is 1. The Bertz CT molecular complexity index is 1270. The van der Waals surface area contributed by atoms with E-state index in [0.717, 1.165) is 33.7 Å². The first-order chi connectivity index (χ1) is 15.6. The van der Waals surface area contributed by atoms with Gasteiger partial charge >= 0.3 is 0 Å². The lowest BCUT2D eigenvalue weighted by Gasteiger charge is -2.27. The molecule has 4 aromatic rings. The molecule has 164 valence electrons. The van der Waals surface area contributed by atoms with Crippen LogP contribution in [-0.2, 0) is 29.7 Å². The van der Waals surface area contributed by atoms with Gasteiger partial charge in [0.15, 0.2) is 0 Å². The highest BCUT2D eigenvalue weighted by molar-refractivity contribution is 5.98. The van der Waals surface area contributed by atoms with Gasteiger partial charge in [-0.3, -0.25) is 14.5 Å². The van der Waals surface area contributed by atoms with E-state index in [1.807, 2.05) is 36.0 Å². The molecule has 1 aromatic carbocycles. The third-order valence-corrected chi connectivity index (χ3v) is 5.87. The van der Waals surface area contributed by atoms with E-state index in [1.165, 1.54) is 0 Å². The lowest BCUT2D eigenvalue weighted by atomic mass is 10.1. The van der Waals surface area contributed by atoms with E-state index in [9.17, 15) is 9.59 Å². The predicted octanol–water partition coefficient (Wildman–Crippen LogP) is 3.47. The van der Waals surface area contributed by atoms with Gasteiger partial charge in [0.05, 0.1) is 25.0 Å². The van der Waals surface area contributed by atoms with Gasteiger partial charge in [-0.2, -0.15) is 5.10 Å². The number of para-hydroxylation sites is 1. The van der Waals surface area contributed by atoms with Crippen molar-refractivity contribution in [3.63, 3.8) is 0 Å². The Balaban J connectivity index is 1.29. The minimum atomic E-state index is -0.0594. The van der Waals surface area contributed by atoms with Crippen molar-refractivity contribution in [2.45, 2.75) is 32.4 Å². The second-order valence-corrected chi connectivity index (χ2v) is 8.04. The maximum Gasteiger partial charge on any atom is 0.229 e. The lowest BCUT2D eigenvalue weighted by molar-refractivity contribution is -0.122. The Kier molecular flexibility index (Phi) is 5.26. The maximum atomic E-state index is 12.6. The van der Waals surface area contributed by atoms with Crippen molar-refractivity contribution in [1.82, 2.24) is 19.7 Å². The number of rotatable bonds is 7. The monoisotopic (exact) mass is 431 g/mol. The molecule has 0 radical (unpaired) electrons. The van der Waals surface area contributed by atoms with Crippen LogP contribution in [0, 0.1) is 0 Å². The van der Waals surface area contributed by atoms with Crippen LogP contribution in [0.25, 0.3) is 22.2 Å². The molecule has 0 aliphatic carbocycles. The Morgan fingerprint density at radius 2 is 2.09 bits per heavy atom. The fraction of sp³-hybridized carbons (Fsp3) is 0.292. The first-order valence-corrected chi connectivity index (χ1v) is 10.8. The molecule has 1 aliphatic rings. The second-order valence-electron chi connectivity index (χ2n) is 8.04. The van der Waals surface area contributed by atoms with Crippen LogP contribution in [0.2, 0.25) is 0 Å². The van der Waals surface area contributed by atoms with Gasteiger partial charge in [0.1, 0.15) is 11.6 Å². The molecule has 4 heterocycles. The molecule has 0 fully saturated rings. The van der Waals surface area contributed by atoms with Gasteiger partial charge in [-0.15, -0.1) is 0 Å². The highest BCUT2D eigenvalue weighted by atomic mass is 16.3. The molecule has 5 rings (SSSR count). The normalized spacial score (nSPS) is 13.5. The van der Waals surface area contributed by atoms with Crippen LogP contribution < -0.4 is 10.2 Å². The highest BCUT2D eigenvalue weighted by Gasteiger charge is 2.27. The molecule has 2 amide bonds. The van der Waals surface area contributed by atoms with Crippen LogP contribution in [0.3, 0.4) is 0 Å². The summed E-state index contributed by atoms with van der Waals surface area (Å²) in [5.41, 5.74) is 3.05. The number of benzene rings is 1. The van der Waals surface area contributed by atoms with Gasteiger partial charge in [-0.1, -0.05) is 18.2 Å². The minimum absolute atomic E-state index is 0.0594. The summed E-state index contributed by atoms with van der Waals surface area (Å²) >= 11 is 0. The Hall–Kier alpha value is -3.81. The minimum Gasteiger partial charge on any atom is -0.467 e. The number of hydrogen-bond acceptors (Lipinski definition) is 4. The van der Waals surface area contributed by atoms with Crippen LogP contribution in [-0.4, -0.2) is 32.7 Å². The topological polar surface area (TPSA) is 85.3 Å². The Morgan fingerprint density at radius 3 is 2.94 bits per heavy atom. The zero-order valence-electron chi connectivity index (χ0n) is 18.0. The van der Waals surface area contributed by atoms with E-state index in [1.54, 1.807) is 17.2 Å². The number of anilines is 1. The smallest absolute Gasteiger partial charge is 0.229 e. The molecule has 0 bridgehead atoms. The van der Waals surface area contributed by atoms with E-state index in [2.05, 4.69) is 28.2 Å². The van der Waals surface area contributed by atoms with Crippen LogP contribution in [0.5, 0.6) is 0 Å².